The molecule has 3 nitrogen and oxygen atoms in total. The number of rotatable bonds is 4. The van der Waals surface area contributed by atoms with Crippen molar-refractivity contribution in [1.29, 1.82) is 0 Å². The average molecular weight is 299 g/mol. The van der Waals surface area contributed by atoms with Gasteiger partial charge in [-0.1, -0.05) is 18.2 Å². The molecule has 4 heteroatoms. The first kappa shape index (κ1) is 14.4. The Hall–Kier alpha value is -2.49. The number of phenolic OH excluding ortho intramolecular Hbond substituents is 1. The number of phenols is 1. The fourth-order valence-electron chi connectivity index (χ4n) is 2.72. The van der Waals surface area contributed by atoms with E-state index >= 15 is 0 Å². The summed E-state index contributed by atoms with van der Waals surface area (Å²) in [4.78, 5) is 0. The number of hydrogen-bond donors (Lipinski definition) is 1. The van der Waals surface area contributed by atoms with E-state index in [1.54, 1.807) is 24.3 Å². The lowest BCUT2D eigenvalue weighted by Crippen LogP contribution is -2.08. The van der Waals surface area contributed by atoms with Crippen molar-refractivity contribution >= 4 is 10.9 Å². The molecule has 114 valence electrons. The van der Waals surface area contributed by atoms with Crippen LogP contribution in [0.1, 0.15) is 25.6 Å². The summed E-state index contributed by atoms with van der Waals surface area (Å²) < 4.78 is 21.3. The van der Waals surface area contributed by atoms with Gasteiger partial charge in [-0.2, -0.15) is 0 Å². The van der Waals surface area contributed by atoms with Gasteiger partial charge in [0, 0.05) is 11.4 Å². The average Bonchev–Trinajstić information content (AvgIpc) is 2.86. The number of aromatic nitrogens is 1. The third-order valence-electron chi connectivity index (χ3n) is 3.67. The Bertz CT molecular complexity index is 808. The molecule has 0 amide bonds. The van der Waals surface area contributed by atoms with E-state index in [1.807, 2.05) is 18.2 Å². The van der Waals surface area contributed by atoms with Gasteiger partial charge in [0.05, 0.1) is 11.2 Å². The van der Waals surface area contributed by atoms with Crippen molar-refractivity contribution in [3.8, 4) is 11.5 Å². The molecule has 0 aliphatic rings. The lowest BCUT2D eigenvalue weighted by molar-refractivity contribution is 0.279. The second kappa shape index (κ2) is 5.72. The first-order valence-electron chi connectivity index (χ1n) is 7.27. The summed E-state index contributed by atoms with van der Waals surface area (Å²) in [6, 6.07) is 13.9. The molecular formula is C18H18FNO2. The van der Waals surface area contributed by atoms with E-state index in [-0.39, 0.29) is 30.0 Å². The summed E-state index contributed by atoms with van der Waals surface area (Å²) in [7, 11) is 0. The Kier molecular flexibility index (Phi) is 3.75. The molecule has 0 saturated heterocycles. The molecule has 1 heterocycles. The van der Waals surface area contributed by atoms with E-state index < -0.39 is 0 Å². The van der Waals surface area contributed by atoms with Crippen LogP contribution in [0.15, 0.2) is 48.5 Å². The zero-order chi connectivity index (χ0) is 15.7. The first-order chi connectivity index (χ1) is 10.6. The van der Waals surface area contributed by atoms with Gasteiger partial charge in [-0.05, 0) is 44.2 Å². The van der Waals surface area contributed by atoms with E-state index in [0.717, 1.165) is 16.6 Å². The Balaban J connectivity index is 1.98. The van der Waals surface area contributed by atoms with Crippen molar-refractivity contribution in [3.05, 3.63) is 60.0 Å². The molecule has 1 aromatic heterocycles. The molecule has 22 heavy (non-hydrogen) atoms. The summed E-state index contributed by atoms with van der Waals surface area (Å²) >= 11 is 0. The quantitative estimate of drug-likeness (QED) is 0.761. The number of halogens is 1. The minimum atomic E-state index is -0.377. The van der Waals surface area contributed by atoms with E-state index in [4.69, 9.17) is 4.74 Å². The van der Waals surface area contributed by atoms with Crippen molar-refractivity contribution in [2.75, 3.05) is 0 Å². The van der Waals surface area contributed by atoms with E-state index in [1.165, 1.54) is 6.07 Å². The third-order valence-corrected chi connectivity index (χ3v) is 3.67. The largest absolute Gasteiger partial charge is 0.507 e. The van der Waals surface area contributed by atoms with Crippen LogP contribution < -0.4 is 4.74 Å². The number of hydrogen-bond acceptors (Lipinski definition) is 2. The maximum Gasteiger partial charge on any atom is 0.165 e. The maximum absolute atomic E-state index is 13.6. The molecule has 0 unspecified atom stereocenters. The minimum Gasteiger partial charge on any atom is -0.507 e. The molecular weight excluding hydrogens is 281 g/mol. The van der Waals surface area contributed by atoms with E-state index in [2.05, 4.69) is 18.4 Å². The van der Waals surface area contributed by atoms with Crippen LogP contribution in [0.5, 0.6) is 11.5 Å². The van der Waals surface area contributed by atoms with Gasteiger partial charge in [-0.15, -0.1) is 0 Å². The van der Waals surface area contributed by atoms with Crippen molar-refractivity contribution in [2.24, 2.45) is 0 Å². The third kappa shape index (κ3) is 2.52. The maximum atomic E-state index is 13.6. The molecule has 0 bridgehead atoms. The Morgan fingerprint density at radius 1 is 1.14 bits per heavy atom. The first-order valence-corrected chi connectivity index (χ1v) is 7.27. The van der Waals surface area contributed by atoms with Gasteiger partial charge in [-0.3, -0.25) is 0 Å². The Labute approximate surface area is 128 Å². The second-order valence-electron chi connectivity index (χ2n) is 5.53. The van der Waals surface area contributed by atoms with Gasteiger partial charge in [0.1, 0.15) is 12.4 Å². The van der Waals surface area contributed by atoms with Crippen molar-refractivity contribution < 1.29 is 14.2 Å². The monoisotopic (exact) mass is 299 g/mol. The van der Waals surface area contributed by atoms with Crippen molar-refractivity contribution in [1.82, 2.24) is 4.57 Å². The zero-order valence-electron chi connectivity index (χ0n) is 12.6. The van der Waals surface area contributed by atoms with E-state index in [0.29, 0.717) is 0 Å². The summed E-state index contributed by atoms with van der Waals surface area (Å²) in [5.41, 5.74) is 1.84. The van der Waals surface area contributed by atoms with Crippen LogP contribution in [-0.2, 0) is 6.61 Å². The van der Waals surface area contributed by atoms with Gasteiger partial charge in [0.15, 0.2) is 11.6 Å². The van der Waals surface area contributed by atoms with Gasteiger partial charge < -0.3 is 14.4 Å². The van der Waals surface area contributed by atoms with Gasteiger partial charge in [0.25, 0.3) is 0 Å². The molecule has 0 aliphatic heterocycles. The molecule has 0 spiro atoms. The minimum absolute atomic E-state index is 0.207. The van der Waals surface area contributed by atoms with Crippen LogP contribution in [0.25, 0.3) is 10.9 Å². The summed E-state index contributed by atoms with van der Waals surface area (Å²) in [5.74, 6) is 0.0916. The Morgan fingerprint density at radius 3 is 2.64 bits per heavy atom. The smallest absolute Gasteiger partial charge is 0.165 e. The predicted octanol–water partition coefficient (Wildman–Crippen LogP) is 4.65. The lowest BCUT2D eigenvalue weighted by atomic mass is 10.2. The number of aromatic hydroxyl groups is 1. The normalized spacial score (nSPS) is 11.3. The van der Waals surface area contributed by atoms with Crippen LogP contribution in [0.2, 0.25) is 0 Å². The highest BCUT2D eigenvalue weighted by Crippen LogP contribution is 2.31. The SMILES string of the molecule is CC(C)n1c(COc2ccccc2F)cc2c(O)cccc21. The number of ether oxygens (including phenoxy) is 1. The molecule has 2 aromatic carbocycles. The fraction of sp³-hybridized carbons (Fsp3) is 0.222. The molecule has 0 saturated carbocycles. The standard InChI is InChI=1S/C18H18FNO2/c1-12(2)20-13(10-14-16(20)7-5-8-17(14)21)11-22-18-9-4-3-6-15(18)19/h3-10,12,21H,11H2,1-2H3. The highest BCUT2D eigenvalue weighted by atomic mass is 19.1. The summed E-state index contributed by atoms with van der Waals surface area (Å²) in [6.07, 6.45) is 0. The van der Waals surface area contributed by atoms with E-state index in [9.17, 15) is 9.50 Å². The fourth-order valence-corrected chi connectivity index (χ4v) is 2.72. The van der Waals surface area contributed by atoms with Crippen molar-refractivity contribution in [2.45, 2.75) is 26.5 Å². The number of fused-ring (bicyclic) bond motifs is 1. The van der Waals surface area contributed by atoms with Crippen LogP contribution in [0, 0.1) is 5.82 Å². The van der Waals surface area contributed by atoms with Crippen LogP contribution in [0.3, 0.4) is 0 Å². The molecule has 3 aromatic rings. The summed E-state index contributed by atoms with van der Waals surface area (Å²) in [6.45, 7) is 4.37. The zero-order valence-corrected chi connectivity index (χ0v) is 12.6. The van der Waals surface area contributed by atoms with Gasteiger partial charge >= 0.3 is 0 Å². The second-order valence-corrected chi connectivity index (χ2v) is 5.53. The topological polar surface area (TPSA) is 34.4 Å². The van der Waals surface area contributed by atoms with Gasteiger partial charge in [-0.25, -0.2) is 4.39 Å². The highest BCUT2D eigenvalue weighted by Gasteiger charge is 2.14. The highest BCUT2D eigenvalue weighted by molar-refractivity contribution is 5.87. The number of para-hydroxylation sites is 1. The van der Waals surface area contributed by atoms with Crippen LogP contribution >= 0.6 is 0 Å². The predicted molar refractivity (Wildman–Crippen MR) is 84.7 cm³/mol. The molecule has 1 N–H and O–H groups in total. The molecule has 0 atom stereocenters. The lowest BCUT2D eigenvalue weighted by Gasteiger charge is -2.15. The number of benzene rings is 2. The molecule has 3 rings (SSSR count). The van der Waals surface area contributed by atoms with Crippen LogP contribution in [0.4, 0.5) is 4.39 Å². The molecule has 0 fully saturated rings. The summed E-state index contributed by atoms with van der Waals surface area (Å²) in [5, 5.41) is 10.8. The number of nitrogens with zero attached hydrogens (tertiary/aromatic N) is 1. The van der Waals surface area contributed by atoms with Gasteiger partial charge in [0.2, 0.25) is 0 Å². The molecule has 0 aliphatic carbocycles. The Morgan fingerprint density at radius 2 is 1.91 bits per heavy atom. The van der Waals surface area contributed by atoms with Crippen molar-refractivity contribution in [3.63, 3.8) is 0 Å². The molecule has 0 radical (unpaired) electrons. The van der Waals surface area contributed by atoms with Crippen LogP contribution in [-0.4, -0.2) is 9.67 Å².